The van der Waals surface area contributed by atoms with Crippen LogP contribution in [-0.4, -0.2) is 28.8 Å². The van der Waals surface area contributed by atoms with Crippen LogP contribution in [0.2, 0.25) is 0 Å². The number of rotatable bonds is 5. The molecule has 1 aliphatic heterocycles. The predicted molar refractivity (Wildman–Crippen MR) is 75.2 cm³/mol. The molecule has 0 amide bonds. The fraction of sp³-hybridized carbons (Fsp3) is 0.692. The van der Waals surface area contributed by atoms with Crippen molar-refractivity contribution in [2.75, 3.05) is 18.8 Å². The van der Waals surface area contributed by atoms with Crippen molar-refractivity contribution in [2.24, 2.45) is 5.92 Å². The molecule has 0 aliphatic carbocycles. The van der Waals surface area contributed by atoms with E-state index in [4.69, 9.17) is 0 Å². The van der Waals surface area contributed by atoms with Gasteiger partial charge in [-0.2, -0.15) is 0 Å². The van der Waals surface area contributed by atoms with Crippen molar-refractivity contribution in [1.82, 2.24) is 15.3 Å². The number of hydrogen-bond donors (Lipinski definition) is 2. The Morgan fingerprint density at radius 2 is 2.22 bits per heavy atom. The molecular formula is C13H21N3OS. The zero-order valence-corrected chi connectivity index (χ0v) is 11.7. The maximum absolute atomic E-state index is 11.5. The van der Waals surface area contributed by atoms with E-state index in [1.807, 2.05) is 0 Å². The van der Waals surface area contributed by atoms with Gasteiger partial charge < -0.3 is 10.3 Å². The number of piperidine rings is 1. The summed E-state index contributed by atoms with van der Waals surface area (Å²) in [6.45, 7) is 4.33. The van der Waals surface area contributed by atoms with Crippen molar-refractivity contribution in [1.29, 1.82) is 0 Å². The van der Waals surface area contributed by atoms with E-state index in [1.54, 1.807) is 17.8 Å². The molecule has 5 heteroatoms. The molecule has 1 fully saturated rings. The summed E-state index contributed by atoms with van der Waals surface area (Å²) in [4.78, 5) is 18.8. The minimum absolute atomic E-state index is 0.0266. The third-order valence-electron chi connectivity index (χ3n) is 3.19. The van der Waals surface area contributed by atoms with Crippen molar-refractivity contribution in [3.05, 3.63) is 22.1 Å². The van der Waals surface area contributed by atoms with Gasteiger partial charge in [0.15, 0.2) is 5.16 Å². The number of nitrogens with zero attached hydrogens (tertiary/aromatic N) is 1. The molecule has 2 heterocycles. The van der Waals surface area contributed by atoms with Crippen molar-refractivity contribution >= 4 is 11.8 Å². The topological polar surface area (TPSA) is 57.8 Å². The first-order valence-corrected chi connectivity index (χ1v) is 7.70. The van der Waals surface area contributed by atoms with E-state index in [0.717, 1.165) is 48.5 Å². The molecule has 0 spiro atoms. The predicted octanol–water partition coefficient (Wildman–Crippen LogP) is 1.81. The Morgan fingerprint density at radius 1 is 1.44 bits per heavy atom. The molecular weight excluding hydrogens is 246 g/mol. The van der Waals surface area contributed by atoms with Gasteiger partial charge in [0.05, 0.1) is 0 Å². The Hall–Kier alpha value is -0.810. The Bertz CT molecular complexity index is 426. The number of aryl methyl sites for hydroxylation is 1. The van der Waals surface area contributed by atoms with Crippen LogP contribution < -0.4 is 10.9 Å². The second-order valence-corrected chi connectivity index (χ2v) is 5.80. The molecule has 0 unspecified atom stereocenters. The highest BCUT2D eigenvalue weighted by Gasteiger charge is 2.13. The summed E-state index contributed by atoms with van der Waals surface area (Å²) in [5, 5.41) is 4.15. The van der Waals surface area contributed by atoms with Gasteiger partial charge in [-0.3, -0.25) is 4.79 Å². The van der Waals surface area contributed by atoms with Crippen LogP contribution in [0.1, 0.15) is 31.9 Å². The Labute approximate surface area is 112 Å². The van der Waals surface area contributed by atoms with Gasteiger partial charge >= 0.3 is 0 Å². The Kier molecular flexibility index (Phi) is 5.26. The van der Waals surface area contributed by atoms with Crippen LogP contribution in [0, 0.1) is 5.92 Å². The largest absolute Gasteiger partial charge is 0.317 e. The van der Waals surface area contributed by atoms with Gasteiger partial charge in [-0.1, -0.05) is 25.1 Å². The third-order valence-corrected chi connectivity index (χ3v) is 4.30. The van der Waals surface area contributed by atoms with Crippen LogP contribution in [0.4, 0.5) is 0 Å². The lowest BCUT2D eigenvalue weighted by Crippen LogP contribution is -2.28. The smallest absolute Gasteiger partial charge is 0.251 e. The maximum atomic E-state index is 11.5. The minimum atomic E-state index is -0.0266. The number of thioether (sulfide) groups is 1. The van der Waals surface area contributed by atoms with Crippen LogP contribution >= 0.6 is 11.8 Å². The fourth-order valence-electron chi connectivity index (χ4n) is 2.18. The average molecular weight is 267 g/mol. The van der Waals surface area contributed by atoms with Crippen LogP contribution in [-0.2, 0) is 6.42 Å². The number of H-pyrrole nitrogens is 1. The SMILES string of the molecule is CCCc1cc(=O)[nH]c(SCC2CCNCC2)n1. The maximum Gasteiger partial charge on any atom is 0.251 e. The van der Waals surface area contributed by atoms with Crippen LogP contribution in [0.15, 0.2) is 16.0 Å². The highest BCUT2D eigenvalue weighted by molar-refractivity contribution is 7.99. The molecule has 4 nitrogen and oxygen atoms in total. The Morgan fingerprint density at radius 3 is 2.94 bits per heavy atom. The molecule has 0 saturated carbocycles. The number of aromatic nitrogens is 2. The summed E-state index contributed by atoms with van der Waals surface area (Å²) in [6, 6.07) is 1.61. The van der Waals surface area contributed by atoms with Crippen LogP contribution in [0.25, 0.3) is 0 Å². The van der Waals surface area contributed by atoms with Gasteiger partial charge in [-0.25, -0.2) is 4.98 Å². The quantitative estimate of drug-likeness (QED) is 0.631. The fourth-order valence-corrected chi connectivity index (χ4v) is 3.26. The molecule has 100 valence electrons. The van der Waals surface area contributed by atoms with Crippen molar-refractivity contribution in [2.45, 2.75) is 37.8 Å². The van der Waals surface area contributed by atoms with Crippen molar-refractivity contribution in [3.63, 3.8) is 0 Å². The summed E-state index contributed by atoms with van der Waals surface area (Å²) in [5.74, 6) is 1.80. The van der Waals surface area contributed by atoms with Gasteiger partial charge in [-0.05, 0) is 38.3 Å². The lowest BCUT2D eigenvalue weighted by atomic mass is 10.0. The monoisotopic (exact) mass is 267 g/mol. The zero-order chi connectivity index (χ0) is 12.8. The van der Waals surface area contributed by atoms with E-state index < -0.39 is 0 Å². The third kappa shape index (κ3) is 4.14. The van der Waals surface area contributed by atoms with E-state index in [1.165, 1.54) is 12.8 Å². The van der Waals surface area contributed by atoms with Gasteiger partial charge in [0.1, 0.15) is 0 Å². The van der Waals surface area contributed by atoms with E-state index in [0.29, 0.717) is 0 Å². The summed E-state index contributed by atoms with van der Waals surface area (Å²) in [5.41, 5.74) is 0.885. The number of nitrogens with one attached hydrogen (secondary N) is 2. The number of hydrogen-bond acceptors (Lipinski definition) is 4. The zero-order valence-electron chi connectivity index (χ0n) is 10.9. The van der Waals surface area contributed by atoms with Crippen molar-refractivity contribution < 1.29 is 0 Å². The average Bonchev–Trinajstić information content (AvgIpc) is 2.37. The molecule has 2 N–H and O–H groups in total. The normalized spacial score (nSPS) is 16.9. The minimum Gasteiger partial charge on any atom is -0.317 e. The molecule has 0 radical (unpaired) electrons. The highest BCUT2D eigenvalue weighted by Crippen LogP contribution is 2.21. The molecule has 1 aliphatic rings. The van der Waals surface area contributed by atoms with Gasteiger partial charge in [-0.15, -0.1) is 0 Å². The molecule has 1 aromatic heterocycles. The summed E-state index contributed by atoms with van der Waals surface area (Å²) < 4.78 is 0. The lowest BCUT2D eigenvalue weighted by Gasteiger charge is -2.21. The van der Waals surface area contributed by atoms with Crippen LogP contribution in [0.3, 0.4) is 0 Å². The molecule has 0 atom stereocenters. The molecule has 18 heavy (non-hydrogen) atoms. The standard InChI is InChI=1S/C13H21N3OS/c1-2-3-11-8-12(17)16-13(15-11)18-9-10-4-6-14-7-5-10/h8,10,14H,2-7,9H2,1H3,(H,15,16,17). The second kappa shape index (κ2) is 6.95. The molecule has 0 aromatic carbocycles. The summed E-state index contributed by atoms with van der Waals surface area (Å²) in [6.07, 6.45) is 4.36. The van der Waals surface area contributed by atoms with E-state index in [-0.39, 0.29) is 5.56 Å². The first kappa shape index (κ1) is 13.6. The molecule has 1 saturated heterocycles. The van der Waals surface area contributed by atoms with Crippen LogP contribution in [0.5, 0.6) is 0 Å². The molecule has 0 bridgehead atoms. The second-order valence-electron chi connectivity index (χ2n) is 4.80. The van der Waals surface area contributed by atoms with Gasteiger partial charge in [0, 0.05) is 17.5 Å². The van der Waals surface area contributed by atoms with Gasteiger partial charge in [0.2, 0.25) is 0 Å². The first-order valence-electron chi connectivity index (χ1n) is 6.71. The summed E-state index contributed by atoms with van der Waals surface area (Å²) in [7, 11) is 0. The number of aromatic amines is 1. The summed E-state index contributed by atoms with van der Waals surface area (Å²) >= 11 is 1.69. The Balaban J connectivity index is 1.93. The molecule has 2 rings (SSSR count). The van der Waals surface area contributed by atoms with E-state index in [2.05, 4.69) is 22.2 Å². The highest BCUT2D eigenvalue weighted by atomic mass is 32.2. The molecule has 1 aromatic rings. The van der Waals surface area contributed by atoms with Gasteiger partial charge in [0.25, 0.3) is 5.56 Å². The van der Waals surface area contributed by atoms with Crippen molar-refractivity contribution in [3.8, 4) is 0 Å². The van der Waals surface area contributed by atoms with E-state index in [9.17, 15) is 4.79 Å². The first-order chi connectivity index (χ1) is 8.78. The van der Waals surface area contributed by atoms with E-state index >= 15 is 0 Å². The lowest BCUT2D eigenvalue weighted by molar-refractivity contribution is 0.407.